The van der Waals surface area contributed by atoms with Gasteiger partial charge in [-0.3, -0.25) is 4.79 Å². The van der Waals surface area contributed by atoms with Crippen LogP contribution in [-0.4, -0.2) is 12.5 Å². The monoisotopic (exact) mass is 281 g/mol. The minimum Gasteiger partial charge on any atom is -0.356 e. The summed E-state index contributed by atoms with van der Waals surface area (Å²) in [6.45, 7) is 5.24. The summed E-state index contributed by atoms with van der Waals surface area (Å²) in [5.41, 5.74) is 0. The molecule has 2 heteroatoms. The van der Waals surface area contributed by atoms with Crippen molar-refractivity contribution in [3.05, 3.63) is 12.2 Å². The van der Waals surface area contributed by atoms with Crippen molar-refractivity contribution in [2.45, 2.75) is 90.9 Å². The predicted octanol–water partition coefficient (Wildman–Crippen LogP) is 5.38. The van der Waals surface area contributed by atoms with Crippen LogP contribution >= 0.6 is 0 Å². The zero-order valence-corrected chi connectivity index (χ0v) is 13.8. The van der Waals surface area contributed by atoms with Gasteiger partial charge >= 0.3 is 0 Å². The number of hydrogen-bond acceptors (Lipinski definition) is 1. The van der Waals surface area contributed by atoms with Crippen LogP contribution in [0, 0.1) is 0 Å². The number of unbranched alkanes of at least 4 members (excludes halogenated alkanes) is 8. The maximum absolute atomic E-state index is 11.6. The van der Waals surface area contributed by atoms with Gasteiger partial charge in [0.2, 0.25) is 5.91 Å². The topological polar surface area (TPSA) is 29.1 Å². The molecule has 0 aromatic rings. The Morgan fingerprint density at radius 1 is 0.850 bits per heavy atom. The van der Waals surface area contributed by atoms with E-state index in [9.17, 15) is 4.79 Å². The number of allylic oxidation sites excluding steroid dienone is 2. The molecule has 0 aliphatic carbocycles. The number of rotatable bonds is 14. The highest BCUT2D eigenvalue weighted by molar-refractivity contribution is 5.75. The molecule has 2 nitrogen and oxygen atoms in total. The molecule has 0 spiro atoms. The molecule has 1 amide bonds. The van der Waals surface area contributed by atoms with Gasteiger partial charge < -0.3 is 5.32 Å². The molecule has 1 N–H and O–H groups in total. The standard InChI is InChI=1S/C18H35NO/c1-3-5-7-9-10-11-12-13-14-16-18(20)19-17-15-8-6-4-2/h5,7H,3-4,6,8-17H2,1-2H3,(H,19,20)/b7-5-. The van der Waals surface area contributed by atoms with Crippen molar-refractivity contribution in [1.82, 2.24) is 5.32 Å². The fraction of sp³-hybridized carbons (Fsp3) is 0.833. The van der Waals surface area contributed by atoms with Crippen molar-refractivity contribution < 1.29 is 4.79 Å². The molecule has 0 aromatic heterocycles. The molecule has 20 heavy (non-hydrogen) atoms. The lowest BCUT2D eigenvalue weighted by Gasteiger charge is -2.05. The van der Waals surface area contributed by atoms with Gasteiger partial charge in [-0.05, 0) is 32.1 Å². The molecule has 118 valence electrons. The molecule has 0 bridgehead atoms. The van der Waals surface area contributed by atoms with Crippen molar-refractivity contribution in [3.8, 4) is 0 Å². The molecule has 0 aliphatic heterocycles. The number of carbonyl (C=O) groups excluding carboxylic acids is 1. The van der Waals surface area contributed by atoms with E-state index >= 15 is 0 Å². The smallest absolute Gasteiger partial charge is 0.219 e. The number of amides is 1. The second kappa shape index (κ2) is 16.3. The van der Waals surface area contributed by atoms with Gasteiger partial charge in [-0.25, -0.2) is 0 Å². The molecular weight excluding hydrogens is 246 g/mol. The second-order valence-electron chi connectivity index (χ2n) is 5.60. The predicted molar refractivity (Wildman–Crippen MR) is 88.9 cm³/mol. The molecule has 0 atom stereocenters. The van der Waals surface area contributed by atoms with Gasteiger partial charge in [0.25, 0.3) is 0 Å². The Bertz CT molecular complexity index is 236. The molecule has 0 aliphatic rings. The van der Waals surface area contributed by atoms with Crippen molar-refractivity contribution in [3.63, 3.8) is 0 Å². The highest BCUT2D eigenvalue weighted by atomic mass is 16.1. The Hall–Kier alpha value is -0.790. The summed E-state index contributed by atoms with van der Waals surface area (Å²) in [5.74, 6) is 0.243. The second-order valence-corrected chi connectivity index (χ2v) is 5.60. The lowest BCUT2D eigenvalue weighted by atomic mass is 10.1. The fourth-order valence-corrected chi connectivity index (χ4v) is 2.23. The van der Waals surface area contributed by atoms with Crippen molar-refractivity contribution in [2.24, 2.45) is 0 Å². The highest BCUT2D eigenvalue weighted by Crippen LogP contribution is 2.07. The van der Waals surface area contributed by atoms with E-state index in [4.69, 9.17) is 0 Å². The van der Waals surface area contributed by atoms with E-state index in [2.05, 4.69) is 31.3 Å². The lowest BCUT2D eigenvalue weighted by Crippen LogP contribution is -2.23. The van der Waals surface area contributed by atoms with Crippen LogP contribution in [0.25, 0.3) is 0 Å². The first-order valence-electron chi connectivity index (χ1n) is 8.73. The Labute approximate surface area is 126 Å². The maximum Gasteiger partial charge on any atom is 0.219 e. The van der Waals surface area contributed by atoms with Crippen LogP contribution in [-0.2, 0) is 4.79 Å². The average molecular weight is 281 g/mol. The van der Waals surface area contributed by atoms with E-state index in [1.54, 1.807) is 0 Å². The number of carbonyl (C=O) groups is 1. The molecule has 0 aromatic carbocycles. The van der Waals surface area contributed by atoms with Crippen molar-refractivity contribution in [2.75, 3.05) is 6.54 Å². The van der Waals surface area contributed by atoms with Gasteiger partial charge in [-0.1, -0.05) is 64.5 Å². The summed E-state index contributed by atoms with van der Waals surface area (Å²) in [4.78, 5) is 11.6. The van der Waals surface area contributed by atoms with E-state index in [-0.39, 0.29) is 5.91 Å². The summed E-state index contributed by atoms with van der Waals surface area (Å²) in [6.07, 6.45) is 18.6. The van der Waals surface area contributed by atoms with Gasteiger partial charge in [0.05, 0.1) is 0 Å². The van der Waals surface area contributed by atoms with E-state index < -0.39 is 0 Å². The van der Waals surface area contributed by atoms with Crippen LogP contribution in [0.1, 0.15) is 90.9 Å². The van der Waals surface area contributed by atoms with Crippen molar-refractivity contribution in [1.29, 1.82) is 0 Å². The molecular formula is C18H35NO. The van der Waals surface area contributed by atoms with Gasteiger partial charge in [0.15, 0.2) is 0 Å². The summed E-state index contributed by atoms with van der Waals surface area (Å²) in [5, 5.41) is 3.02. The van der Waals surface area contributed by atoms with Crippen LogP contribution in [0.5, 0.6) is 0 Å². The molecule has 0 unspecified atom stereocenters. The molecule has 0 saturated carbocycles. The van der Waals surface area contributed by atoms with E-state index in [1.807, 2.05) is 0 Å². The summed E-state index contributed by atoms with van der Waals surface area (Å²) in [7, 11) is 0. The summed E-state index contributed by atoms with van der Waals surface area (Å²) >= 11 is 0. The Kier molecular flexibility index (Phi) is 15.6. The first kappa shape index (κ1) is 19.2. The maximum atomic E-state index is 11.6. The average Bonchev–Trinajstić information content (AvgIpc) is 2.45. The third kappa shape index (κ3) is 15.3. The third-order valence-corrected chi connectivity index (χ3v) is 3.53. The minimum atomic E-state index is 0.243. The van der Waals surface area contributed by atoms with Gasteiger partial charge in [0, 0.05) is 13.0 Å². The van der Waals surface area contributed by atoms with Crippen LogP contribution in [0.4, 0.5) is 0 Å². The minimum absolute atomic E-state index is 0.243. The molecule has 0 saturated heterocycles. The van der Waals surface area contributed by atoms with Crippen molar-refractivity contribution >= 4 is 5.91 Å². The molecule has 0 rings (SSSR count). The Morgan fingerprint density at radius 3 is 2.30 bits per heavy atom. The van der Waals surface area contributed by atoms with Crippen LogP contribution < -0.4 is 5.32 Å². The van der Waals surface area contributed by atoms with Gasteiger partial charge in [-0.15, -0.1) is 0 Å². The largest absolute Gasteiger partial charge is 0.356 e. The lowest BCUT2D eigenvalue weighted by molar-refractivity contribution is -0.121. The van der Waals surface area contributed by atoms with E-state index in [1.165, 1.54) is 51.4 Å². The highest BCUT2D eigenvalue weighted by Gasteiger charge is 2.00. The van der Waals surface area contributed by atoms with E-state index in [0.29, 0.717) is 6.42 Å². The van der Waals surface area contributed by atoms with Gasteiger partial charge in [-0.2, -0.15) is 0 Å². The number of nitrogens with one attached hydrogen (secondary N) is 1. The van der Waals surface area contributed by atoms with Crippen LogP contribution in [0.3, 0.4) is 0 Å². The summed E-state index contributed by atoms with van der Waals surface area (Å²) < 4.78 is 0. The van der Waals surface area contributed by atoms with Gasteiger partial charge in [0.1, 0.15) is 0 Å². The zero-order valence-electron chi connectivity index (χ0n) is 13.8. The third-order valence-electron chi connectivity index (χ3n) is 3.53. The molecule has 0 heterocycles. The molecule has 0 radical (unpaired) electrons. The zero-order chi connectivity index (χ0) is 14.9. The van der Waals surface area contributed by atoms with Crippen LogP contribution in [0.2, 0.25) is 0 Å². The van der Waals surface area contributed by atoms with E-state index in [0.717, 1.165) is 25.8 Å². The quantitative estimate of drug-likeness (QED) is 0.336. The first-order chi connectivity index (χ1) is 9.81. The Balaban J connectivity index is 3.17. The SMILES string of the molecule is CC/C=C\CCCCCCCC(=O)NCCCCCC. The Morgan fingerprint density at radius 2 is 1.55 bits per heavy atom. The van der Waals surface area contributed by atoms with Crippen LogP contribution in [0.15, 0.2) is 12.2 Å². The normalized spacial score (nSPS) is 11.1. The molecule has 0 fully saturated rings. The fourth-order valence-electron chi connectivity index (χ4n) is 2.23. The first-order valence-corrected chi connectivity index (χ1v) is 8.73. The number of hydrogen-bond donors (Lipinski definition) is 1. The summed E-state index contributed by atoms with van der Waals surface area (Å²) in [6, 6.07) is 0.